The summed E-state index contributed by atoms with van der Waals surface area (Å²) in [7, 11) is 4.45. The monoisotopic (exact) mass is 406 g/mol. The lowest BCUT2D eigenvalue weighted by Crippen LogP contribution is -2.48. The van der Waals surface area contributed by atoms with E-state index < -0.39 is 5.60 Å². The third kappa shape index (κ3) is 4.65. The Hall–Kier alpha value is -1.26. The van der Waals surface area contributed by atoms with E-state index in [1.54, 1.807) is 6.07 Å². The highest BCUT2D eigenvalue weighted by atomic mass is 35.5. The highest BCUT2D eigenvalue weighted by Gasteiger charge is 2.46. The zero-order valence-electron chi connectivity index (χ0n) is 18.0. The molecular weight excluding hydrogens is 372 g/mol. The molecule has 0 heterocycles. The number of fused-ring (bicyclic) bond motifs is 2. The minimum Gasteiger partial charge on any atom is -0.478 e. The lowest BCUT2D eigenvalue weighted by molar-refractivity contribution is -0.134. The van der Waals surface area contributed by atoms with Gasteiger partial charge in [0.25, 0.3) is 5.91 Å². The molecule has 1 unspecified atom stereocenters. The van der Waals surface area contributed by atoms with Crippen molar-refractivity contribution >= 4 is 17.5 Å². The molecule has 4 nitrogen and oxygen atoms in total. The van der Waals surface area contributed by atoms with Gasteiger partial charge in [0.2, 0.25) is 0 Å². The van der Waals surface area contributed by atoms with Crippen molar-refractivity contribution in [1.29, 1.82) is 0 Å². The molecule has 0 spiro atoms. The maximum atomic E-state index is 12.7. The summed E-state index contributed by atoms with van der Waals surface area (Å²) < 4.78 is 6.01. The van der Waals surface area contributed by atoms with Crippen LogP contribution in [0.1, 0.15) is 57.9 Å². The van der Waals surface area contributed by atoms with Gasteiger partial charge in [-0.15, -0.1) is 0 Å². The van der Waals surface area contributed by atoms with Crippen molar-refractivity contribution in [3.63, 3.8) is 0 Å². The van der Waals surface area contributed by atoms with Gasteiger partial charge in [-0.1, -0.05) is 11.6 Å². The molecule has 0 saturated heterocycles. The molecule has 0 aliphatic heterocycles. The van der Waals surface area contributed by atoms with Gasteiger partial charge in [0.05, 0.1) is 0 Å². The zero-order chi connectivity index (χ0) is 20.5. The van der Waals surface area contributed by atoms with E-state index in [2.05, 4.69) is 24.3 Å². The quantitative estimate of drug-likeness (QED) is 0.705. The highest BCUT2D eigenvalue weighted by molar-refractivity contribution is 6.30. The Morgan fingerprint density at radius 1 is 1.36 bits per heavy atom. The molecule has 2 fully saturated rings. The summed E-state index contributed by atoms with van der Waals surface area (Å²) in [6, 6.07) is 5.46. The molecule has 1 amide bonds. The van der Waals surface area contributed by atoms with Crippen LogP contribution in [0.2, 0.25) is 5.02 Å². The van der Waals surface area contributed by atoms with E-state index in [1.165, 1.54) is 32.1 Å². The Morgan fingerprint density at radius 3 is 2.79 bits per heavy atom. The summed E-state index contributed by atoms with van der Waals surface area (Å²) in [6.07, 6.45) is 7.67. The van der Waals surface area contributed by atoms with Gasteiger partial charge in [0.1, 0.15) is 5.75 Å². The summed E-state index contributed by atoms with van der Waals surface area (Å²) >= 11 is 6.01. The number of hydrogen-bond donors (Lipinski definition) is 1. The Morgan fingerprint density at radius 2 is 2.11 bits per heavy atom. The van der Waals surface area contributed by atoms with Crippen LogP contribution in [0, 0.1) is 18.8 Å². The number of aryl methyl sites for hydroxylation is 1. The van der Waals surface area contributed by atoms with E-state index >= 15 is 0 Å². The maximum Gasteiger partial charge on any atom is 0.263 e. The van der Waals surface area contributed by atoms with Crippen molar-refractivity contribution in [1.82, 2.24) is 10.2 Å². The van der Waals surface area contributed by atoms with Gasteiger partial charge >= 0.3 is 0 Å². The number of amides is 1. The first-order valence-electron chi connectivity index (χ1n) is 10.5. The third-order valence-corrected chi connectivity index (χ3v) is 7.09. The molecule has 2 aliphatic rings. The Bertz CT molecular complexity index is 719. The van der Waals surface area contributed by atoms with Gasteiger partial charge in [-0.25, -0.2) is 0 Å². The first kappa shape index (κ1) is 21.4. The largest absolute Gasteiger partial charge is 0.478 e. The predicted molar refractivity (Wildman–Crippen MR) is 115 cm³/mol. The Balaban J connectivity index is 1.51. The van der Waals surface area contributed by atoms with E-state index in [9.17, 15) is 4.79 Å². The second kappa shape index (κ2) is 8.23. The number of nitrogens with one attached hydrogen (secondary N) is 1. The fourth-order valence-corrected chi connectivity index (χ4v) is 5.38. The average Bonchev–Trinajstić information content (AvgIpc) is 2.93. The summed E-state index contributed by atoms with van der Waals surface area (Å²) in [4.78, 5) is 15.2. The molecule has 3 atom stereocenters. The zero-order valence-corrected chi connectivity index (χ0v) is 18.7. The van der Waals surface area contributed by atoms with Gasteiger partial charge in [0.15, 0.2) is 5.60 Å². The van der Waals surface area contributed by atoms with Gasteiger partial charge in [0, 0.05) is 17.1 Å². The van der Waals surface area contributed by atoms with Gasteiger partial charge in [-0.05, 0) is 109 Å². The van der Waals surface area contributed by atoms with Crippen molar-refractivity contribution in [2.45, 2.75) is 70.4 Å². The minimum atomic E-state index is -0.922. The lowest BCUT2D eigenvalue weighted by Gasteiger charge is -2.43. The smallest absolute Gasteiger partial charge is 0.263 e. The minimum absolute atomic E-state index is 0.0667. The Kier molecular flexibility index (Phi) is 6.31. The van der Waals surface area contributed by atoms with Crippen LogP contribution in [-0.4, -0.2) is 42.6 Å². The number of hydrogen-bond acceptors (Lipinski definition) is 3. The molecule has 1 aromatic carbocycles. The number of nitrogens with zero attached hydrogens (tertiary/aromatic N) is 1. The van der Waals surface area contributed by atoms with Gasteiger partial charge in [-0.3, -0.25) is 4.79 Å². The van der Waals surface area contributed by atoms with E-state index in [0.717, 1.165) is 17.9 Å². The number of ether oxygens (including phenoxy) is 1. The molecule has 1 aromatic rings. The van der Waals surface area contributed by atoms with Crippen LogP contribution in [0.3, 0.4) is 0 Å². The highest BCUT2D eigenvalue weighted by Crippen LogP contribution is 2.50. The second-order valence-corrected chi connectivity index (χ2v) is 10.0. The van der Waals surface area contributed by atoms with Gasteiger partial charge < -0.3 is 15.0 Å². The topological polar surface area (TPSA) is 41.6 Å². The van der Waals surface area contributed by atoms with E-state index in [4.69, 9.17) is 16.3 Å². The molecule has 0 radical (unpaired) electrons. The lowest BCUT2D eigenvalue weighted by atomic mass is 9.74. The number of benzene rings is 1. The summed E-state index contributed by atoms with van der Waals surface area (Å²) in [5.74, 6) is 2.19. The first-order valence-corrected chi connectivity index (χ1v) is 10.9. The van der Waals surface area contributed by atoms with Gasteiger partial charge in [-0.2, -0.15) is 0 Å². The molecule has 2 bridgehead atoms. The van der Waals surface area contributed by atoms with Crippen LogP contribution >= 0.6 is 11.6 Å². The van der Waals surface area contributed by atoms with Crippen molar-refractivity contribution in [2.24, 2.45) is 11.8 Å². The summed E-state index contributed by atoms with van der Waals surface area (Å²) in [6.45, 7) is 6.29. The first-order chi connectivity index (χ1) is 13.1. The summed E-state index contributed by atoms with van der Waals surface area (Å²) in [5, 5.41) is 3.78. The third-order valence-electron chi connectivity index (χ3n) is 6.86. The van der Waals surface area contributed by atoms with E-state index in [0.29, 0.717) is 28.8 Å². The fraction of sp³-hybridized carbons (Fsp3) is 0.696. The van der Waals surface area contributed by atoms with E-state index in [-0.39, 0.29) is 5.91 Å². The van der Waals surface area contributed by atoms with Crippen LogP contribution in [0.4, 0.5) is 0 Å². The molecule has 0 aromatic heterocycles. The SMILES string of the molecule is Cc1cc(Cl)ccc1OC(C)(C)C(=O)NCCC1C[C@@H]2CC[C@@](N(C)C)(C1)C2. The molecule has 28 heavy (non-hydrogen) atoms. The summed E-state index contributed by atoms with van der Waals surface area (Å²) in [5.41, 5.74) is 0.404. The molecule has 1 N–H and O–H groups in total. The number of carbonyl (C=O) groups excluding carboxylic acids is 1. The van der Waals surface area contributed by atoms with Crippen molar-refractivity contribution in [3.8, 4) is 5.75 Å². The molecule has 156 valence electrons. The molecule has 5 heteroatoms. The standard InChI is InChI=1S/C23H35ClN2O2/c1-16-12-19(24)6-7-20(16)28-22(2,3)21(27)25-11-9-18-13-17-8-10-23(14-17,15-18)26(4)5/h6-7,12,17-18H,8-11,13-15H2,1-5H3,(H,25,27)/t17-,18?,23-/m0/s1. The molecular formula is C23H35ClN2O2. The van der Waals surface area contributed by atoms with Crippen LogP contribution in [0.25, 0.3) is 0 Å². The van der Waals surface area contributed by atoms with Crippen LogP contribution in [0.15, 0.2) is 18.2 Å². The van der Waals surface area contributed by atoms with Crippen LogP contribution in [-0.2, 0) is 4.79 Å². The average molecular weight is 407 g/mol. The predicted octanol–water partition coefficient (Wildman–Crippen LogP) is 4.82. The maximum absolute atomic E-state index is 12.7. The Labute approximate surface area is 175 Å². The number of halogens is 1. The number of rotatable bonds is 7. The van der Waals surface area contributed by atoms with Crippen LogP contribution < -0.4 is 10.1 Å². The second-order valence-electron chi connectivity index (χ2n) is 9.60. The number of carbonyl (C=O) groups is 1. The van der Waals surface area contributed by atoms with Crippen molar-refractivity contribution in [2.75, 3.05) is 20.6 Å². The fourth-order valence-electron chi connectivity index (χ4n) is 5.15. The molecule has 2 saturated carbocycles. The van der Waals surface area contributed by atoms with Crippen molar-refractivity contribution < 1.29 is 9.53 Å². The van der Waals surface area contributed by atoms with Crippen molar-refractivity contribution in [3.05, 3.63) is 28.8 Å². The van der Waals surface area contributed by atoms with Crippen LogP contribution in [0.5, 0.6) is 5.75 Å². The molecule has 2 aliphatic carbocycles. The van der Waals surface area contributed by atoms with E-state index in [1.807, 2.05) is 32.9 Å². The molecule has 3 rings (SSSR count). The normalized spacial score (nSPS) is 27.1.